The lowest BCUT2D eigenvalue weighted by molar-refractivity contribution is -0.131. The van der Waals surface area contributed by atoms with Gasteiger partial charge in [0.25, 0.3) is 0 Å². The minimum atomic E-state index is -0.297. The largest absolute Gasteiger partial charge is 0.493 e. The minimum absolute atomic E-state index is 0.0232. The van der Waals surface area contributed by atoms with Crippen LogP contribution in [0, 0.1) is 5.82 Å². The number of carbonyl (C=O) groups is 2. The number of halogens is 1. The Morgan fingerprint density at radius 2 is 1.82 bits per heavy atom. The molecule has 1 aliphatic rings. The number of ether oxygens (including phenoxy) is 2. The molecule has 2 amide bonds. The summed E-state index contributed by atoms with van der Waals surface area (Å²) in [5.74, 6) is 0.754. The van der Waals surface area contributed by atoms with Crippen LogP contribution in [0.2, 0.25) is 0 Å². The molecule has 2 aromatic rings. The van der Waals surface area contributed by atoms with Gasteiger partial charge in [0.15, 0.2) is 0 Å². The van der Waals surface area contributed by atoms with Gasteiger partial charge < -0.3 is 19.7 Å². The van der Waals surface area contributed by atoms with Gasteiger partial charge in [0, 0.05) is 31.1 Å². The van der Waals surface area contributed by atoms with Gasteiger partial charge in [-0.2, -0.15) is 0 Å². The highest BCUT2D eigenvalue weighted by Crippen LogP contribution is 2.18. The first kappa shape index (κ1) is 19.7. The molecule has 7 heteroatoms. The van der Waals surface area contributed by atoms with Gasteiger partial charge in [0.1, 0.15) is 17.3 Å². The van der Waals surface area contributed by atoms with Gasteiger partial charge in [-0.1, -0.05) is 6.07 Å². The molecule has 1 N–H and O–H groups in total. The molecule has 0 aliphatic carbocycles. The minimum Gasteiger partial charge on any atom is -0.493 e. The molecule has 0 atom stereocenters. The molecule has 148 valence electrons. The van der Waals surface area contributed by atoms with Gasteiger partial charge in [-0.05, 0) is 42.8 Å². The van der Waals surface area contributed by atoms with Crippen LogP contribution in [0.3, 0.4) is 0 Å². The number of hydrogen-bond donors (Lipinski definition) is 1. The maximum absolute atomic E-state index is 12.8. The Morgan fingerprint density at radius 3 is 2.54 bits per heavy atom. The van der Waals surface area contributed by atoms with Crippen molar-refractivity contribution in [3.8, 4) is 11.5 Å². The van der Waals surface area contributed by atoms with Gasteiger partial charge in [-0.25, -0.2) is 4.39 Å². The van der Waals surface area contributed by atoms with Crippen molar-refractivity contribution >= 4 is 17.5 Å². The van der Waals surface area contributed by atoms with Gasteiger partial charge in [-0.3, -0.25) is 9.59 Å². The van der Waals surface area contributed by atoms with Crippen molar-refractivity contribution in [2.24, 2.45) is 0 Å². The predicted octanol–water partition coefficient (Wildman–Crippen LogP) is 3.23. The van der Waals surface area contributed by atoms with Crippen molar-refractivity contribution in [3.63, 3.8) is 0 Å². The summed E-state index contributed by atoms with van der Waals surface area (Å²) in [5.41, 5.74) is 0.622. The highest BCUT2D eigenvalue weighted by molar-refractivity contribution is 5.95. The monoisotopic (exact) mass is 386 g/mol. The van der Waals surface area contributed by atoms with E-state index in [-0.39, 0.29) is 24.2 Å². The van der Waals surface area contributed by atoms with E-state index in [1.54, 1.807) is 41.3 Å². The van der Waals surface area contributed by atoms with Crippen LogP contribution in [-0.4, -0.2) is 43.0 Å². The fraction of sp³-hybridized carbons (Fsp3) is 0.333. The highest BCUT2D eigenvalue weighted by atomic mass is 19.1. The van der Waals surface area contributed by atoms with E-state index >= 15 is 0 Å². The first-order valence-electron chi connectivity index (χ1n) is 9.29. The molecule has 1 fully saturated rings. The average Bonchev–Trinajstić information content (AvgIpc) is 3.08. The number of likely N-dealkylation sites (tertiary alicyclic amines) is 1. The van der Waals surface area contributed by atoms with Crippen LogP contribution in [0.25, 0.3) is 0 Å². The molecule has 1 heterocycles. The van der Waals surface area contributed by atoms with Gasteiger partial charge >= 0.3 is 0 Å². The molecule has 0 radical (unpaired) electrons. The fourth-order valence-corrected chi connectivity index (χ4v) is 2.88. The number of anilines is 1. The number of nitrogens with zero attached hydrogens (tertiary/aromatic N) is 1. The van der Waals surface area contributed by atoms with Crippen LogP contribution >= 0.6 is 0 Å². The lowest BCUT2D eigenvalue weighted by Crippen LogP contribution is -2.33. The SMILES string of the molecule is O=C(CN1CCCC1=O)Nc1cccc(OCCCOc2ccc(F)cc2)c1. The smallest absolute Gasteiger partial charge is 0.243 e. The van der Waals surface area contributed by atoms with Crippen molar-refractivity contribution in [1.82, 2.24) is 4.90 Å². The van der Waals surface area contributed by atoms with Crippen molar-refractivity contribution < 1.29 is 23.5 Å². The van der Waals surface area contributed by atoms with E-state index in [2.05, 4.69) is 5.32 Å². The molecule has 1 aliphatic heterocycles. The predicted molar refractivity (Wildman–Crippen MR) is 103 cm³/mol. The zero-order valence-electron chi connectivity index (χ0n) is 15.5. The lowest BCUT2D eigenvalue weighted by atomic mass is 10.3. The summed E-state index contributed by atoms with van der Waals surface area (Å²) < 4.78 is 24.0. The summed E-state index contributed by atoms with van der Waals surface area (Å²) in [5, 5.41) is 2.79. The number of nitrogens with one attached hydrogen (secondary N) is 1. The molecule has 28 heavy (non-hydrogen) atoms. The molecule has 0 unspecified atom stereocenters. The Kier molecular flexibility index (Phi) is 6.84. The quantitative estimate of drug-likeness (QED) is 0.672. The van der Waals surface area contributed by atoms with Crippen molar-refractivity contribution in [2.45, 2.75) is 19.3 Å². The number of amides is 2. The topological polar surface area (TPSA) is 67.9 Å². The Balaban J connectivity index is 1.38. The summed E-state index contributed by atoms with van der Waals surface area (Å²) in [7, 11) is 0. The van der Waals surface area contributed by atoms with Crippen LogP contribution in [0.1, 0.15) is 19.3 Å². The first-order valence-corrected chi connectivity index (χ1v) is 9.29. The van der Waals surface area contributed by atoms with E-state index in [1.165, 1.54) is 12.1 Å². The number of benzene rings is 2. The summed E-state index contributed by atoms with van der Waals surface area (Å²) >= 11 is 0. The summed E-state index contributed by atoms with van der Waals surface area (Å²) in [6, 6.07) is 13.0. The van der Waals surface area contributed by atoms with E-state index in [0.717, 1.165) is 6.42 Å². The van der Waals surface area contributed by atoms with Crippen molar-refractivity contribution in [3.05, 3.63) is 54.3 Å². The Labute approximate surface area is 163 Å². The highest BCUT2D eigenvalue weighted by Gasteiger charge is 2.22. The summed E-state index contributed by atoms with van der Waals surface area (Å²) in [6.45, 7) is 1.60. The summed E-state index contributed by atoms with van der Waals surface area (Å²) in [6.07, 6.45) is 1.98. The third kappa shape index (κ3) is 5.97. The van der Waals surface area contributed by atoms with Crippen molar-refractivity contribution in [2.75, 3.05) is 31.6 Å². The molecule has 6 nitrogen and oxygen atoms in total. The third-order valence-electron chi connectivity index (χ3n) is 4.26. The number of carbonyl (C=O) groups excluding carboxylic acids is 2. The fourth-order valence-electron chi connectivity index (χ4n) is 2.88. The normalized spacial score (nSPS) is 13.5. The van der Waals surface area contributed by atoms with Crippen LogP contribution in [0.15, 0.2) is 48.5 Å². The second-order valence-electron chi connectivity index (χ2n) is 6.50. The van der Waals surface area contributed by atoms with E-state index in [0.29, 0.717) is 49.8 Å². The van der Waals surface area contributed by atoms with Crippen LogP contribution in [-0.2, 0) is 9.59 Å². The first-order chi connectivity index (χ1) is 13.6. The standard InChI is InChI=1S/C21H23FN2O4/c22-16-7-9-18(10-8-16)27-12-3-13-28-19-5-1-4-17(14-19)23-20(25)15-24-11-2-6-21(24)26/h1,4-5,7-10,14H,2-3,6,11-13,15H2,(H,23,25). The third-order valence-corrected chi connectivity index (χ3v) is 4.26. The van der Waals surface area contributed by atoms with Crippen LogP contribution in [0.4, 0.5) is 10.1 Å². The van der Waals surface area contributed by atoms with Crippen molar-refractivity contribution in [1.29, 1.82) is 0 Å². The molecular weight excluding hydrogens is 363 g/mol. The van der Waals surface area contributed by atoms with Gasteiger partial charge in [-0.15, -0.1) is 0 Å². The van der Waals surface area contributed by atoms with Gasteiger partial charge in [0.05, 0.1) is 19.8 Å². The second-order valence-corrected chi connectivity index (χ2v) is 6.50. The van der Waals surface area contributed by atoms with E-state index in [4.69, 9.17) is 9.47 Å². The molecule has 0 saturated carbocycles. The van der Waals surface area contributed by atoms with Crippen LogP contribution < -0.4 is 14.8 Å². The maximum Gasteiger partial charge on any atom is 0.243 e. The Bertz CT molecular complexity index is 810. The molecule has 0 bridgehead atoms. The maximum atomic E-state index is 12.8. The number of hydrogen-bond acceptors (Lipinski definition) is 4. The van der Waals surface area contributed by atoms with E-state index in [1.807, 2.05) is 0 Å². The molecule has 1 saturated heterocycles. The number of rotatable bonds is 9. The van der Waals surface area contributed by atoms with E-state index < -0.39 is 0 Å². The molecule has 0 spiro atoms. The Hall–Kier alpha value is -3.09. The average molecular weight is 386 g/mol. The zero-order chi connectivity index (χ0) is 19.8. The molecular formula is C21H23FN2O4. The zero-order valence-corrected chi connectivity index (χ0v) is 15.5. The Morgan fingerprint density at radius 1 is 1.07 bits per heavy atom. The molecule has 2 aromatic carbocycles. The van der Waals surface area contributed by atoms with Gasteiger partial charge in [0.2, 0.25) is 11.8 Å². The molecule has 0 aromatic heterocycles. The second kappa shape index (κ2) is 9.73. The van der Waals surface area contributed by atoms with E-state index in [9.17, 15) is 14.0 Å². The molecule has 3 rings (SSSR count). The lowest BCUT2D eigenvalue weighted by Gasteiger charge is -2.15. The van der Waals surface area contributed by atoms with Crippen LogP contribution in [0.5, 0.6) is 11.5 Å². The summed E-state index contributed by atoms with van der Waals surface area (Å²) in [4.78, 5) is 25.3.